The van der Waals surface area contributed by atoms with E-state index >= 15 is 0 Å². The molecule has 2 aromatic rings. The first-order chi connectivity index (χ1) is 12.3. The van der Waals surface area contributed by atoms with Gasteiger partial charge >= 0.3 is 0 Å². The van der Waals surface area contributed by atoms with Gasteiger partial charge in [-0.1, -0.05) is 12.1 Å². The third-order valence-electron chi connectivity index (χ3n) is 4.93. The number of benzene rings is 2. The Bertz CT molecular complexity index is 789. The normalized spacial score (nSPS) is 18.9. The van der Waals surface area contributed by atoms with Gasteiger partial charge in [0.1, 0.15) is 17.7 Å². The van der Waals surface area contributed by atoms with Gasteiger partial charge in [0.15, 0.2) is 0 Å². The van der Waals surface area contributed by atoms with Gasteiger partial charge < -0.3 is 14.8 Å². The van der Waals surface area contributed by atoms with Crippen LogP contribution in [-0.2, 0) is 13.0 Å². The molecule has 2 heterocycles. The summed E-state index contributed by atoms with van der Waals surface area (Å²) in [7, 11) is 3.42. The average molecular weight is 337 g/mol. The van der Waals surface area contributed by atoms with Crippen LogP contribution < -0.4 is 14.8 Å². The Morgan fingerprint density at radius 1 is 1.20 bits per heavy atom. The number of nitrogens with zero attached hydrogens (tertiary/aromatic N) is 2. The van der Waals surface area contributed by atoms with Gasteiger partial charge in [0, 0.05) is 42.7 Å². The highest BCUT2D eigenvalue weighted by molar-refractivity contribution is 5.90. The van der Waals surface area contributed by atoms with Crippen molar-refractivity contribution in [1.29, 1.82) is 0 Å². The van der Waals surface area contributed by atoms with Crippen molar-refractivity contribution >= 4 is 11.9 Å². The lowest BCUT2D eigenvalue weighted by Crippen LogP contribution is -2.40. The molecule has 4 rings (SSSR count). The molecule has 0 aliphatic carbocycles. The first-order valence-corrected chi connectivity index (χ1v) is 8.61. The number of aliphatic imine (C=N–C) groups is 1. The van der Waals surface area contributed by atoms with Gasteiger partial charge in [-0.2, -0.15) is 0 Å². The molecular formula is C20H23N3O2. The minimum atomic E-state index is 0.0668. The molecule has 0 saturated heterocycles. The maximum absolute atomic E-state index is 5.54. The van der Waals surface area contributed by atoms with E-state index in [0.29, 0.717) is 0 Å². The molecule has 0 amide bonds. The summed E-state index contributed by atoms with van der Waals surface area (Å²) in [5.41, 5.74) is 4.88. The Hall–Kier alpha value is -2.53. The lowest BCUT2D eigenvalue weighted by Gasteiger charge is -2.33. The van der Waals surface area contributed by atoms with Crippen molar-refractivity contribution in [1.82, 2.24) is 4.90 Å². The molecule has 5 heteroatoms. The molecule has 1 N–H and O–H groups in total. The van der Waals surface area contributed by atoms with E-state index in [1.165, 1.54) is 11.1 Å². The molecule has 0 radical (unpaired) electrons. The van der Waals surface area contributed by atoms with Gasteiger partial charge in [0.25, 0.3) is 0 Å². The van der Waals surface area contributed by atoms with Crippen LogP contribution in [0, 0.1) is 0 Å². The van der Waals surface area contributed by atoms with E-state index in [0.717, 1.165) is 48.8 Å². The minimum Gasteiger partial charge on any atom is -0.497 e. The van der Waals surface area contributed by atoms with E-state index in [2.05, 4.69) is 33.4 Å². The monoisotopic (exact) mass is 337 g/mol. The van der Waals surface area contributed by atoms with Crippen molar-refractivity contribution in [3.63, 3.8) is 0 Å². The molecule has 0 fully saturated rings. The van der Waals surface area contributed by atoms with Crippen molar-refractivity contribution < 1.29 is 9.47 Å². The van der Waals surface area contributed by atoms with Gasteiger partial charge in [-0.15, -0.1) is 0 Å². The molecule has 1 unspecified atom stereocenters. The topological polar surface area (TPSA) is 46.1 Å². The van der Waals surface area contributed by atoms with Gasteiger partial charge in [-0.05, 0) is 36.2 Å². The number of fused-ring (bicyclic) bond motifs is 2. The quantitative estimate of drug-likeness (QED) is 0.932. The Kier molecular flexibility index (Phi) is 4.32. The highest BCUT2D eigenvalue weighted by atomic mass is 16.5. The van der Waals surface area contributed by atoms with Crippen LogP contribution >= 0.6 is 0 Å². The predicted molar refractivity (Wildman–Crippen MR) is 100.0 cm³/mol. The summed E-state index contributed by atoms with van der Waals surface area (Å²) >= 11 is 0. The molecule has 0 bridgehead atoms. The Labute approximate surface area is 148 Å². The Morgan fingerprint density at radius 2 is 2.12 bits per heavy atom. The number of hydrogen-bond acceptors (Lipinski definition) is 5. The summed E-state index contributed by atoms with van der Waals surface area (Å²) in [6.07, 6.45) is 3.06. The summed E-state index contributed by atoms with van der Waals surface area (Å²) < 4.78 is 10.8. The van der Waals surface area contributed by atoms with Crippen molar-refractivity contribution in [2.24, 2.45) is 4.99 Å². The summed E-state index contributed by atoms with van der Waals surface area (Å²) in [5.74, 6) is 1.84. The molecule has 0 spiro atoms. The van der Waals surface area contributed by atoms with E-state index in [4.69, 9.17) is 9.47 Å². The number of anilines is 1. The SMILES string of the molecule is COc1ccc2c(c1)C=NC(CN1CCc3cccc(OC)c3C1)N2. The first kappa shape index (κ1) is 16.0. The zero-order valence-electron chi connectivity index (χ0n) is 14.7. The zero-order valence-corrected chi connectivity index (χ0v) is 14.7. The van der Waals surface area contributed by atoms with Crippen LogP contribution in [-0.4, -0.2) is 44.6 Å². The standard InChI is InChI=1S/C20H23N3O2/c1-24-16-6-7-18-15(10-16)11-21-20(22-18)13-23-9-8-14-4-3-5-19(25-2)17(14)12-23/h3-7,10-11,20,22H,8-9,12-13H2,1-2H3. The van der Waals surface area contributed by atoms with Crippen LogP contribution in [0.1, 0.15) is 16.7 Å². The maximum Gasteiger partial charge on any atom is 0.131 e. The van der Waals surface area contributed by atoms with E-state index in [-0.39, 0.29) is 6.17 Å². The van der Waals surface area contributed by atoms with Crippen molar-refractivity contribution in [2.45, 2.75) is 19.1 Å². The number of methoxy groups -OCH3 is 2. The van der Waals surface area contributed by atoms with Crippen LogP contribution in [0.5, 0.6) is 11.5 Å². The summed E-state index contributed by atoms with van der Waals surface area (Å²) in [6.45, 7) is 2.82. The fraction of sp³-hybridized carbons (Fsp3) is 0.350. The van der Waals surface area contributed by atoms with E-state index < -0.39 is 0 Å². The fourth-order valence-electron chi connectivity index (χ4n) is 3.58. The van der Waals surface area contributed by atoms with Crippen molar-refractivity contribution in [3.05, 3.63) is 53.1 Å². The molecule has 0 aromatic heterocycles. The van der Waals surface area contributed by atoms with Crippen LogP contribution in [0.25, 0.3) is 0 Å². The number of hydrogen-bond donors (Lipinski definition) is 1. The highest BCUT2D eigenvalue weighted by Gasteiger charge is 2.23. The molecule has 25 heavy (non-hydrogen) atoms. The molecular weight excluding hydrogens is 314 g/mol. The Balaban J connectivity index is 1.46. The largest absolute Gasteiger partial charge is 0.497 e. The zero-order chi connectivity index (χ0) is 17.2. The Morgan fingerprint density at radius 3 is 2.96 bits per heavy atom. The van der Waals surface area contributed by atoms with Crippen molar-refractivity contribution in [3.8, 4) is 11.5 Å². The van der Waals surface area contributed by atoms with Crippen LogP contribution in [0.3, 0.4) is 0 Å². The van der Waals surface area contributed by atoms with Gasteiger partial charge in [0.2, 0.25) is 0 Å². The van der Waals surface area contributed by atoms with E-state index in [1.807, 2.05) is 24.4 Å². The van der Waals surface area contributed by atoms with E-state index in [9.17, 15) is 0 Å². The molecule has 2 aromatic carbocycles. The average Bonchev–Trinajstić information content (AvgIpc) is 2.67. The summed E-state index contributed by atoms with van der Waals surface area (Å²) in [4.78, 5) is 7.11. The third kappa shape index (κ3) is 3.20. The summed E-state index contributed by atoms with van der Waals surface area (Å²) in [5, 5.41) is 3.52. The lowest BCUT2D eigenvalue weighted by molar-refractivity contribution is 0.240. The van der Waals surface area contributed by atoms with Gasteiger partial charge in [0.05, 0.1) is 14.2 Å². The second-order valence-corrected chi connectivity index (χ2v) is 6.47. The minimum absolute atomic E-state index is 0.0668. The third-order valence-corrected chi connectivity index (χ3v) is 4.93. The van der Waals surface area contributed by atoms with Crippen LogP contribution in [0.4, 0.5) is 5.69 Å². The number of ether oxygens (including phenoxy) is 2. The second kappa shape index (κ2) is 6.76. The number of rotatable bonds is 4. The molecule has 1 atom stereocenters. The van der Waals surface area contributed by atoms with Crippen LogP contribution in [0.2, 0.25) is 0 Å². The number of nitrogens with one attached hydrogen (secondary N) is 1. The predicted octanol–water partition coefficient (Wildman–Crippen LogP) is 2.93. The maximum atomic E-state index is 5.54. The smallest absolute Gasteiger partial charge is 0.131 e. The molecule has 2 aliphatic rings. The lowest BCUT2D eigenvalue weighted by atomic mass is 9.98. The molecule has 0 saturated carbocycles. The molecule has 130 valence electrons. The second-order valence-electron chi connectivity index (χ2n) is 6.47. The van der Waals surface area contributed by atoms with Crippen molar-refractivity contribution in [2.75, 3.05) is 32.6 Å². The molecule has 2 aliphatic heterocycles. The van der Waals surface area contributed by atoms with Gasteiger partial charge in [-0.3, -0.25) is 9.89 Å². The summed E-state index contributed by atoms with van der Waals surface area (Å²) in [6, 6.07) is 12.4. The van der Waals surface area contributed by atoms with Crippen LogP contribution in [0.15, 0.2) is 41.4 Å². The highest BCUT2D eigenvalue weighted by Crippen LogP contribution is 2.29. The molecule has 5 nitrogen and oxygen atoms in total. The van der Waals surface area contributed by atoms with Gasteiger partial charge in [-0.25, -0.2) is 0 Å². The van der Waals surface area contributed by atoms with E-state index in [1.54, 1.807) is 14.2 Å². The first-order valence-electron chi connectivity index (χ1n) is 8.61. The fourth-order valence-corrected chi connectivity index (χ4v) is 3.58.